The molecule has 5 heteroatoms. The molecule has 0 spiro atoms. The lowest BCUT2D eigenvalue weighted by Gasteiger charge is -2.10. The van der Waals surface area contributed by atoms with Crippen molar-refractivity contribution in [2.24, 2.45) is 0 Å². The zero-order chi connectivity index (χ0) is 16.2. The van der Waals surface area contributed by atoms with Crippen LogP contribution in [0.25, 0.3) is 10.8 Å². The molecule has 0 saturated heterocycles. The second-order valence-electron chi connectivity index (χ2n) is 5.13. The van der Waals surface area contributed by atoms with Crippen LogP contribution in [0, 0.1) is 0 Å². The third-order valence-corrected chi connectivity index (χ3v) is 3.73. The first-order valence-electron chi connectivity index (χ1n) is 7.12. The molecular weight excluding hydrogens is 312 g/mol. The van der Waals surface area contributed by atoms with Gasteiger partial charge in [0, 0.05) is 22.0 Å². The number of carbonyl (C=O) groups excluding carboxylic acids is 1. The Morgan fingerprint density at radius 3 is 2.87 bits per heavy atom. The zero-order valence-corrected chi connectivity index (χ0v) is 13.3. The molecule has 0 radical (unpaired) electrons. The SMILES string of the molecule is COc1ccc2cncc(NC(=O)Cc3cccc(Cl)c3)c2c1. The molecule has 3 rings (SSSR count). The first-order valence-corrected chi connectivity index (χ1v) is 7.49. The number of anilines is 1. The number of nitrogens with one attached hydrogen (secondary N) is 1. The Kier molecular flexibility index (Phi) is 4.44. The normalized spacial score (nSPS) is 10.5. The van der Waals surface area contributed by atoms with Crippen molar-refractivity contribution < 1.29 is 9.53 Å². The van der Waals surface area contributed by atoms with Gasteiger partial charge in [-0.2, -0.15) is 0 Å². The maximum atomic E-state index is 12.3. The lowest BCUT2D eigenvalue weighted by molar-refractivity contribution is -0.115. The Morgan fingerprint density at radius 1 is 1.22 bits per heavy atom. The standard InChI is InChI=1S/C18H15ClN2O2/c1-23-15-6-5-13-10-20-11-17(16(13)9-15)21-18(22)8-12-3-2-4-14(19)7-12/h2-7,9-11H,8H2,1H3,(H,21,22). The van der Waals surface area contributed by atoms with E-state index in [-0.39, 0.29) is 12.3 Å². The number of hydrogen-bond donors (Lipinski definition) is 1. The fourth-order valence-electron chi connectivity index (χ4n) is 2.40. The van der Waals surface area contributed by atoms with Crippen molar-refractivity contribution in [1.82, 2.24) is 4.98 Å². The molecule has 0 unspecified atom stereocenters. The van der Waals surface area contributed by atoms with E-state index in [2.05, 4.69) is 10.3 Å². The van der Waals surface area contributed by atoms with Gasteiger partial charge in [0.1, 0.15) is 5.75 Å². The molecule has 0 saturated carbocycles. The Morgan fingerprint density at radius 2 is 2.09 bits per heavy atom. The van der Waals surface area contributed by atoms with Crippen molar-refractivity contribution in [2.75, 3.05) is 12.4 Å². The number of methoxy groups -OCH3 is 1. The molecule has 0 aliphatic rings. The van der Waals surface area contributed by atoms with Gasteiger partial charge >= 0.3 is 0 Å². The smallest absolute Gasteiger partial charge is 0.228 e. The Bertz CT molecular complexity index is 865. The van der Waals surface area contributed by atoms with Gasteiger partial charge < -0.3 is 10.1 Å². The number of amides is 1. The summed E-state index contributed by atoms with van der Waals surface area (Å²) in [4.78, 5) is 16.4. The van der Waals surface area contributed by atoms with Gasteiger partial charge in [0.2, 0.25) is 5.91 Å². The largest absolute Gasteiger partial charge is 0.497 e. The number of ether oxygens (including phenoxy) is 1. The van der Waals surface area contributed by atoms with E-state index in [9.17, 15) is 4.79 Å². The first kappa shape index (κ1) is 15.3. The van der Waals surface area contributed by atoms with Crippen molar-refractivity contribution in [3.63, 3.8) is 0 Å². The number of rotatable bonds is 4. The Labute approximate surface area is 139 Å². The molecule has 116 valence electrons. The topological polar surface area (TPSA) is 51.2 Å². The van der Waals surface area contributed by atoms with E-state index < -0.39 is 0 Å². The van der Waals surface area contributed by atoms with Crippen LogP contribution in [-0.2, 0) is 11.2 Å². The average Bonchev–Trinajstić information content (AvgIpc) is 2.54. The van der Waals surface area contributed by atoms with Crippen LogP contribution < -0.4 is 10.1 Å². The maximum absolute atomic E-state index is 12.3. The average molecular weight is 327 g/mol. The van der Waals surface area contributed by atoms with E-state index in [0.717, 1.165) is 22.1 Å². The molecule has 0 atom stereocenters. The van der Waals surface area contributed by atoms with E-state index >= 15 is 0 Å². The summed E-state index contributed by atoms with van der Waals surface area (Å²) in [7, 11) is 1.61. The van der Waals surface area contributed by atoms with Gasteiger partial charge in [-0.3, -0.25) is 9.78 Å². The van der Waals surface area contributed by atoms with E-state index in [1.165, 1.54) is 0 Å². The number of aromatic nitrogens is 1. The number of nitrogens with zero attached hydrogens (tertiary/aromatic N) is 1. The summed E-state index contributed by atoms with van der Waals surface area (Å²) in [5.74, 6) is 0.610. The predicted octanol–water partition coefficient (Wildman–Crippen LogP) is 4.08. The lowest BCUT2D eigenvalue weighted by atomic mass is 10.1. The number of fused-ring (bicyclic) bond motifs is 1. The Balaban J connectivity index is 1.84. The predicted molar refractivity (Wildman–Crippen MR) is 92.1 cm³/mol. The quantitative estimate of drug-likeness (QED) is 0.786. The molecule has 0 fully saturated rings. The number of halogens is 1. The summed E-state index contributed by atoms with van der Waals surface area (Å²) in [5, 5.41) is 5.35. The number of pyridine rings is 1. The fraction of sp³-hybridized carbons (Fsp3) is 0.111. The summed E-state index contributed by atoms with van der Waals surface area (Å²) in [6.07, 6.45) is 3.64. The minimum atomic E-state index is -0.121. The molecular formula is C18H15ClN2O2. The second-order valence-corrected chi connectivity index (χ2v) is 5.57. The molecule has 3 aromatic rings. The molecule has 0 bridgehead atoms. The van der Waals surface area contributed by atoms with Crippen molar-refractivity contribution in [3.05, 3.63) is 65.4 Å². The van der Waals surface area contributed by atoms with Crippen molar-refractivity contribution >= 4 is 34.0 Å². The molecule has 4 nitrogen and oxygen atoms in total. The third kappa shape index (κ3) is 3.60. The van der Waals surface area contributed by atoms with Gasteiger partial charge in [0.15, 0.2) is 0 Å². The number of hydrogen-bond acceptors (Lipinski definition) is 3. The zero-order valence-electron chi connectivity index (χ0n) is 12.5. The van der Waals surface area contributed by atoms with Crippen LogP contribution in [0.5, 0.6) is 5.75 Å². The molecule has 1 amide bonds. The summed E-state index contributed by atoms with van der Waals surface area (Å²) in [5.41, 5.74) is 1.52. The Hall–Kier alpha value is -2.59. The van der Waals surface area contributed by atoms with Crippen LogP contribution in [0.1, 0.15) is 5.56 Å². The van der Waals surface area contributed by atoms with Gasteiger partial charge in [-0.05, 0) is 35.9 Å². The van der Waals surface area contributed by atoms with E-state index in [0.29, 0.717) is 10.7 Å². The van der Waals surface area contributed by atoms with Crippen molar-refractivity contribution in [2.45, 2.75) is 6.42 Å². The lowest BCUT2D eigenvalue weighted by Crippen LogP contribution is -2.14. The highest BCUT2D eigenvalue weighted by Gasteiger charge is 2.08. The van der Waals surface area contributed by atoms with Crippen LogP contribution in [0.4, 0.5) is 5.69 Å². The highest BCUT2D eigenvalue weighted by molar-refractivity contribution is 6.30. The molecule has 23 heavy (non-hydrogen) atoms. The van der Waals surface area contributed by atoms with Crippen LogP contribution in [0.15, 0.2) is 54.9 Å². The molecule has 0 aliphatic heterocycles. The fourth-order valence-corrected chi connectivity index (χ4v) is 2.61. The number of benzene rings is 2. The monoisotopic (exact) mass is 326 g/mol. The molecule has 1 N–H and O–H groups in total. The highest BCUT2D eigenvalue weighted by Crippen LogP contribution is 2.26. The molecule has 0 aliphatic carbocycles. The third-order valence-electron chi connectivity index (χ3n) is 3.50. The molecule has 2 aromatic carbocycles. The van der Waals surface area contributed by atoms with Gasteiger partial charge in [-0.25, -0.2) is 0 Å². The molecule has 1 heterocycles. The second kappa shape index (κ2) is 6.67. The summed E-state index contributed by atoms with van der Waals surface area (Å²) in [6, 6.07) is 12.9. The van der Waals surface area contributed by atoms with E-state index in [1.54, 1.807) is 31.6 Å². The van der Waals surface area contributed by atoms with Crippen LogP contribution in [0.3, 0.4) is 0 Å². The van der Waals surface area contributed by atoms with Crippen molar-refractivity contribution in [1.29, 1.82) is 0 Å². The van der Waals surface area contributed by atoms with Gasteiger partial charge in [-0.1, -0.05) is 23.7 Å². The van der Waals surface area contributed by atoms with Gasteiger partial charge in [-0.15, -0.1) is 0 Å². The maximum Gasteiger partial charge on any atom is 0.228 e. The minimum absolute atomic E-state index is 0.121. The summed E-state index contributed by atoms with van der Waals surface area (Å²) < 4.78 is 5.24. The van der Waals surface area contributed by atoms with Gasteiger partial charge in [0.25, 0.3) is 0 Å². The van der Waals surface area contributed by atoms with Crippen LogP contribution >= 0.6 is 11.6 Å². The first-order chi connectivity index (χ1) is 11.2. The van der Waals surface area contributed by atoms with Gasteiger partial charge in [0.05, 0.1) is 25.4 Å². The minimum Gasteiger partial charge on any atom is -0.497 e. The van der Waals surface area contributed by atoms with E-state index in [4.69, 9.17) is 16.3 Å². The van der Waals surface area contributed by atoms with Crippen molar-refractivity contribution in [3.8, 4) is 5.75 Å². The highest BCUT2D eigenvalue weighted by atomic mass is 35.5. The van der Waals surface area contributed by atoms with Crippen LogP contribution in [-0.4, -0.2) is 18.0 Å². The van der Waals surface area contributed by atoms with Crippen LogP contribution in [0.2, 0.25) is 5.02 Å². The summed E-state index contributed by atoms with van der Waals surface area (Å²) in [6.45, 7) is 0. The van der Waals surface area contributed by atoms with E-state index in [1.807, 2.05) is 30.3 Å². The number of carbonyl (C=O) groups is 1. The molecule has 1 aromatic heterocycles. The summed E-state index contributed by atoms with van der Waals surface area (Å²) >= 11 is 5.94.